The van der Waals surface area contributed by atoms with E-state index in [1.165, 1.54) is 13.3 Å². The van der Waals surface area contributed by atoms with Gasteiger partial charge in [0.2, 0.25) is 0 Å². The number of fused-ring (bicyclic) bond motifs is 1. The highest BCUT2D eigenvalue weighted by Gasteiger charge is 2.64. The second kappa shape index (κ2) is 17.9. The van der Waals surface area contributed by atoms with Crippen molar-refractivity contribution in [1.82, 2.24) is 0 Å². The van der Waals surface area contributed by atoms with E-state index >= 15 is 4.79 Å². The molecule has 11 aliphatic rings. The summed E-state index contributed by atoms with van der Waals surface area (Å²) in [7, 11) is 0. The van der Waals surface area contributed by atoms with Gasteiger partial charge in [-0.2, -0.15) is 13.2 Å². The van der Waals surface area contributed by atoms with Crippen LogP contribution in [0.5, 0.6) is 0 Å². The monoisotopic (exact) mass is 989 g/mol. The van der Waals surface area contributed by atoms with Gasteiger partial charge in [0.05, 0.1) is 27.6 Å². The van der Waals surface area contributed by atoms with Gasteiger partial charge in [-0.3, -0.25) is 24.0 Å². The fraction of sp³-hybridized carbons (Fsp3) is 0.911. The minimum Gasteiger partial charge on any atom is -0.462 e. The molecule has 11 fully saturated rings. The summed E-state index contributed by atoms with van der Waals surface area (Å²) in [4.78, 5) is 71.0. The van der Waals surface area contributed by atoms with Gasteiger partial charge in [-0.25, -0.2) is 0 Å². The maximum atomic E-state index is 15.2. The van der Waals surface area contributed by atoms with E-state index in [0.29, 0.717) is 61.2 Å². The normalized spacial score (nSPS) is 40.4. The average molecular weight is 989 g/mol. The molecule has 10 bridgehead atoms. The molecule has 0 aromatic rings. The number of carbonyl (C=O) groups excluding carboxylic acids is 5. The van der Waals surface area contributed by atoms with Crippen LogP contribution in [-0.2, 0) is 47.7 Å². The Labute approximate surface area is 413 Å². The number of ether oxygens (including phenoxy) is 5. The Morgan fingerprint density at radius 1 is 0.671 bits per heavy atom. The van der Waals surface area contributed by atoms with Gasteiger partial charge in [0.1, 0.15) is 29.5 Å². The molecule has 10 unspecified atom stereocenters. The zero-order valence-electron chi connectivity index (χ0n) is 43.5. The molecular formula is C56H83F3O11. The van der Waals surface area contributed by atoms with Crippen molar-refractivity contribution < 1.29 is 65.9 Å². The molecule has 11 nitrogen and oxygen atoms in total. The third-order valence-corrected chi connectivity index (χ3v) is 21.2. The van der Waals surface area contributed by atoms with E-state index < -0.39 is 87.3 Å². The topological polar surface area (TPSA) is 152 Å². The molecule has 14 heteroatoms. The summed E-state index contributed by atoms with van der Waals surface area (Å²) in [5.74, 6) is 1.34. The number of hydrogen-bond acceptors (Lipinski definition) is 11. The van der Waals surface area contributed by atoms with Crippen molar-refractivity contribution in [1.29, 1.82) is 0 Å². The Bertz CT molecular complexity index is 2000. The summed E-state index contributed by atoms with van der Waals surface area (Å²) in [6, 6.07) is 0. The standard InChI is InChI=1S/C56H83F3O11/c1-10-50(5,46(62)68-42-37-25-40-41(26-37)44(60)67-43(40)42)13-14-52(7,48(64)70-55-28-34-18-35(29-55)20-36(19-34)30-55)16-15-51(6,47(63)66-31(2)27-53(8,65)56(57,58)59)12-11-49(3,4)45(61)69-54(9)38-21-32-17-33(23-38)24-39(54)22-32/h31-43,65H,10-30H2,1-9H3. The lowest BCUT2D eigenvalue weighted by molar-refractivity contribution is -0.261. The molecule has 10 atom stereocenters. The molecule has 0 radical (unpaired) electrons. The van der Waals surface area contributed by atoms with Crippen LogP contribution in [0.2, 0.25) is 0 Å². The highest BCUT2D eigenvalue weighted by Crippen LogP contribution is 2.61. The van der Waals surface area contributed by atoms with Gasteiger partial charge in [-0.1, -0.05) is 6.92 Å². The molecule has 0 amide bonds. The molecule has 394 valence electrons. The van der Waals surface area contributed by atoms with Gasteiger partial charge in [-0.05, 0) is 225 Å². The molecule has 10 saturated carbocycles. The maximum absolute atomic E-state index is 15.2. The zero-order chi connectivity index (χ0) is 50.8. The fourth-order valence-electron chi connectivity index (χ4n) is 16.3. The van der Waals surface area contributed by atoms with Gasteiger partial charge in [0.25, 0.3) is 0 Å². The van der Waals surface area contributed by atoms with Crippen LogP contribution in [0.15, 0.2) is 0 Å². The quantitative estimate of drug-likeness (QED) is 0.0916. The number of alkyl halides is 3. The van der Waals surface area contributed by atoms with Crippen LogP contribution in [0, 0.1) is 80.8 Å². The number of rotatable bonds is 20. The molecule has 1 heterocycles. The summed E-state index contributed by atoms with van der Waals surface area (Å²) < 4.78 is 72.8. The molecule has 0 aromatic heterocycles. The Morgan fingerprint density at radius 2 is 1.17 bits per heavy atom. The molecule has 10 aliphatic carbocycles. The second-order valence-electron chi connectivity index (χ2n) is 27.3. The molecular weight excluding hydrogens is 906 g/mol. The highest BCUT2D eigenvalue weighted by molar-refractivity contribution is 5.81. The van der Waals surface area contributed by atoms with Gasteiger partial charge >= 0.3 is 36.0 Å². The first kappa shape index (κ1) is 52.0. The first-order chi connectivity index (χ1) is 32.5. The van der Waals surface area contributed by atoms with Crippen LogP contribution in [0.3, 0.4) is 0 Å². The van der Waals surface area contributed by atoms with E-state index in [1.54, 1.807) is 6.92 Å². The van der Waals surface area contributed by atoms with E-state index in [0.717, 1.165) is 70.6 Å². The third kappa shape index (κ3) is 9.47. The second-order valence-corrected chi connectivity index (χ2v) is 27.3. The number of halogens is 3. The smallest absolute Gasteiger partial charge is 0.417 e. The van der Waals surface area contributed by atoms with Crippen molar-refractivity contribution in [2.45, 2.75) is 238 Å². The van der Waals surface area contributed by atoms with Gasteiger partial charge < -0.3 is 28.8 Å². The Balaban J connectivity index is 0.950. The number of esters is 5. The van der Waals surface area contributed by atoms with Crippen molar-refractivity contribution in [2.24, 2.45) is 80.8 Å². The Morgan fingerprint density at radius 3 is 1.70 bits per heavy atom. The molecule has 1 saturated heterocycles. The van der Waals surface area contributed by atoms with Crippen molar-refractivity contribution in [3.05, 3.63) is 0 Å². The molecule has 0 aromatic carbocycles. The Kier molecular flexibility index (Phi) is 13.3. The average Bonchev–Trinajstić information content (AvgIpc) is 3.90. The minimum absolute atomic E-state index is 0.0586. The van der Waals surface area contributed by atoms with Crippen LogP contribution >= 0.6 is 0 Å². The number of carbonyl (C=O) groups is 5. The van der Waals surface area contributed by atoms with E-state index in [1.807, 2.05) is 34.6 Å². The van der Waals surface area contributed by atoms with E-state index in [-0.39, 0.29) is 68.2 Å². The van der Waals surface area contributed by atoms with Crippen LogP contribution in [-0.4, -0.2) is 76.2 Å². The van der Waals surface area contributed by atoms with Crippen molar-refractivity contribution in [2.75, 3.05) is 0 Å². The van der Waals surface area contributed by atoms with E-state index in [2.05, 4.69) is 6.92 Å². The fourth-order valence-corrected chi connectivity index (χ4v) is 16.3. The number of aliphatic hydroxyl groups is 1. The van der Waals surface area contributed by atoms with Gasteiger partial charge in [0, 0.05) is 18.3 Å². The zero-order valence-corrected chi connectivity index (χ0v) is 43.5. The number of hydrogen-bond donors (Lipinski definition) is 1. The van der Waals surface area contributed by atoms with Crippen LogP contribution in [0.4, 0.5) is 13.2 Å². The van der Waals surface area contributed by atoms with E-state index in [9.17, 15) is 37.5 Å². The van der Waals surface area contributed by atoms with E-state index in [4.69, 9.17) is 23.7 Å². The van der Waals surface area contributed by atoms with Gasteiger partial charge in [0.15, 0.2) is 5.60 Å². The molecule has 11 rings (SSSR count). The highest BCUT2D eigenvalue weighted by atomic mass is 19.4. The van der Waals surface area contributed by atoms with Crippen LogP contribution in [0.25, 0.3) is 0 Å². The summed E-state index contributed by atoms with van der Waals surface area (Å²) >= 11 is 0. The maximum Gasteiger partial charge on any atom is 0.417 e. The first-order valence-corrected chi connectivity index (χ1v) is 27.4. The van der Waals surface area contributed by atoms with Gasteiger partial charge in [-0.15, -0.1) is 0 Å². The summed E-state index contributed by atoms with van der Waals surface area (Å²) in [6.45, 7) is 15.0. The predicted molar refractivity (Wildman–Crippen MR) is 251 cm³/mol. The SMILES string of the molecule is CCC(C)(CCC(C)(CCC(C)(CCC(C)(C)C(=O)OC1(C)C2CC3CC(C2)CC1C3)C(=O)OC(C)CC(C)(O)C(F)(F)F)C(=O)OC12CC3CC(CC(C3)C1)C2)C(=O)OC1C2CC3C(=O)OC1C3C2. The molecule has 1 aliphatic heterocycles. The Hall–Kier alpha value is -2.90. The lowest BCUT2D eigenvalue weighted by Gasteiger charge is -2.59. The van der Waals surface area contributed by atoms with Crippen molar-refractivity contribution in [3.63, 3.8) is 0 Å². The molecule has 1 N–H and O–H groups in total. The third-order valence-electron chi connectivity index (χ3n) is 21.2. The van der Waals surface area contributed by atoms with Crippen molar-refractivity contribution in [3.8, 4) is 0 Å². The molecule has 70 heavy (non-hydrogen) atoms. The summed E-state index contributed by atoms with van der Waals surface area (Å²) in [6.07, 6.45) is 6.05. The van der Waals surface area contributed by atoms with Crippen molar-refractivity contribution >= 4 is 29.8 Å². The first-order valence-electron chi connectivity index (χ1n) is 27.4. The predicted octanol–water partition coefficient (Wildman–Crippen LogP) is 11.2. The minimum atomic E-state index is -4.96. The summed E-state index contributed by atoms with van der Waals surface area (Å²) in [5.41, 5.74) is -8.97. The lowest BCUT2D eigenvalue weighted by atomic mass is 9.50. The van der Waals surface area contributed by atoms with Crippen LogP contribution in [0.1, 0.15) is 197 Å². The van der Waals surface area contributed by atoms with Crippen LogP contribution < -0.4 is 0 Å². The lowest BCUT2D eigenvalue weighted by Crippen LogP contribution is -2.58. The largest absolute Gasteiger partial charge is 0.462 e. The summed E-state index contributed by atoms with van der Waals surface area (Å²) in [5, 5.41) is 10.4. The molecule has 0 spiro atoms.